The summed E-state index contributed by atoms with van der Waals surface area (Å²) in [6.45, 7) is 2.45. The molecule has 0 spiro atoms. The van der Waals surface area contributed by atoms with Crippen molar-refractivity contribution in [1.29, 1.82) is 0 Å². The third-order valence-corrected chi connectivity index (χ3v) is 6.38. The van der Waals surface area contributed by atoms with Gasteiger partial charge in [0.25, 0.3) is 0 Å². The van der Waals surface area contributed by atoms with E-state index in [1.807, 2.05) is 0 Å². The molecule has 0 aliphatic carbocycles. The van der Waals surface area contributed by atoms with Crippen LogP contribution in [0.2, 0.25) is 10.0 Å². The second-order valence-corrected chi connectivity index (χ2v) is 7.70. The second kappa shape index (κ2) is 7.17. The molecule has 0 unspecified atom stereocenters. The quantitative estimate of drug-likeness (QED) is 0.769. The first-order valence-electron chi connectivity index (χ1n) is 6.98. The molecule has 1 aromatic rings. The molecule has 0 amide bonds. The molecule has 0 aromatic heterocycles. The van der Waals surface area contributed by atoms with Crippen molar-refractivity contribution < 1.29 is 17.9 Å². The summed E-state index contributed by atoms with van der Waals surface area (Å²) in [5.74, 6) is -0.805. The molecule has 0 N–H and O–H groups in total. The molecule has 0 radical (unpaired) electrons. The molecule has 22 heavy (non-hydrogen) atoms. The van der Waals surface area contributed by atoms with Gasteiger partial charge in [-0.1, -0.05) is 29.3 Å². The van der Waals surface area contributed by atoms with E-state index >= 15 is 0 Å². The van der Waals surface area contributed by atoms with Crippen LogP contribution in [0.15, 0.2) is 23.1 Å². The molecule has 1 atom stereocenters. The Morgan fingerprint density at radius 3 is 2.82 bits per heavy atom. The van der Waals surface area contributed by atoms with Crippen LogP contribution in [-0.4, -0.2) is 38.4 Å². The largest absolute Gasteiger partial charge is 0.466 e. The van der Waals surface area contributed by atoms with Crippen LogP contribution in [0.1, 0.15) is 19.8 Å². The summed E-state index contributed by atoms with van der Waals surface area (Å²) in [5.41, 5.74) is 0. The summed E-state index contributed by atoms with van der Waals surface area (Å²) < 4.78 is 31.7. The Bertz CT molecular complexity index is 663. The van der Waals surface area contributed by atoms with Crippen LogP contribution in [0.4, 0.5) is 0 Å². The van der Waals surface area contributed by atoms with E-state index in [-0.39, 0.29) is 34.1 Å². The fourth-order valence-corrected chi connectivity index (χ4v) is 4.70. The molecule has 1 fully saturated rings. The summed E-state index contributed by atoms with van der Waals surface area (Å²) in [7, 11) is -3.79. The molecule has 1 aliphatic heterocycles. The molecule has 2 rings (SSSR count). The summed E-state index contributed by atoms with van der Waals surface area (Å²) in [4.78, 5) is 11.8. The van der Waals surface area contributed by atoms with E-state index in [1.54, 1.807) is 6.92 Å². The van der Waals surface area contributed by atoms with Crippen LogP contribution < -0.4 is 0 Å². The van der Waals surface area contributed by atoms with Crippen LogP contribution in [0.5, 0.6) is 0 Å². The summed E-state index contributed by atoms with van der Waals surface area (Å²) >= 11 is 11.9. The highest BCUT2D eigenvalue weighted by Crippen LogP contribution is 2.32. The summed E-state index contributed by atoms with van der Waals surface area (Å²) in [6, 6.07) is 4.48. The van der Waals surface area contributed by atoms with Gasteiger partial charge >= 0.3 is 5.97 Å². The Morgan fingerprint density at radius 1 is 1.41 bits per heavy atom. The number of ether oxygens (including phenoxy) is 1. The fourth-order valence-electron chi connectivity index (χ4n) is 2.44. The number of sulfonamides is 1. The lowest BCUT2D eigenvalue weighted by molar-refractivity contribution is -0.149. The van der Waals surface area contributed by atoms with E-state index in [1.165, 1.54) is 22.5 Å². The molecule has 1 aromatic carbocycles. The van der Waals surface area contributed by atoms with Gasteiger partial charge in [-0.05, 0) is 31.9 Å². The zero-order valence-electron chi connectivity index (χ0n) is 12.1. The van der Waals surface area contributed by atoms with Crippen molar-refractivity contribution in [2.75, 3.05) is 19.7 Å². The van der Waals surface area contributed by atoms with Crippen molar-refractivity contribution in [2.24, 2.45) is 5.92 Å². The number of carbonyl (C=O) groups excluding carboxylic acids is 1. The Hall–Kier alpha value is -0.820. The zero-order chi connectivity index (χ0) is 16.3. The highest BCUT2D eigenvalue weighted by Gasteiger charge is 2.35. The molecular formula is C14H17Cl2NO4S. The first kappa shape index (κ1) is 17.5. The van der Waals surface area contributed by atoms with Crippen LogP contribution in [0.3, 0.4) is 0 Å². The van der Waals surface area contributed by atoms with Gasteiger partial charge in [0.15, 0.2) is 0 Å². The summed E-state index contributed by atoms with van der Waals surface area (Å²) in [6.07, 6.45) is 1.22. The number of halogens is 2. The normalized spacial score (nSPS) is 19.9. The van der Waals surface area contributed by atoms with Crippen LogP contribution in [0.25, 0.3) is 0 Å². The van der Waals surface area contributed by atoms with Crippen LogP contribution in [-0.2, 0) is 19.6 Å². The first-order valence-corrected chi connectivity index (χ1v) is 9.18. The lowest BCUT2D eigenvalue weighted by atomic mass is 10.0. The number of hydrogen-bond acceptors (Lipinski definition) is 4. The maximum atomic E-state index is 12.7. The SMILES string of the molecule is CCOC(=O)[C@@H]1CCCN(S(=O)(=O)c2cccc(Cl)c2Cl)C1. The first-order chi connectivity index (χ1) is 10.4. The fraction of sp³-hybridized carbons (Fsp3) is 0.500. The van der Waals surface area contributed by atoms with E-state index in [4.69, 9.17) is 27.9 Å². The van der Waals surface area contributed by atoms with Crippen LogP contribution >= 0.6 is 23.2 Å². The van der Waals surface area contributed by atoms with Crippen molar-refractivity contribution in [2.45, 2.75) is 24.7 Å². The van der Waals surface area contributed by atoms with Gasteiger partial charge in [0.1, 0.15) is 4.90 Å². The van der Waals surface area contributed by atoms with Crippen molar-refractivity contribution in [3.8, 4) is 0 Å². The smallest absolute Gasteiger partial charge is 0.310 e. The van der Waals surface area contributed by atoms with Crippen molar-refractivity contribution >= 4 is 39.2 Å². The minimum atomic E-state index is -3.79. The molecule has 5 nitrogen and oxygen atoms in total. The molecule has 1 heterocycles. The van der Waals surface area contributed by atoms with Gasteiger partial charge in [-0.3, -0.25) is 4.79 Å². The van der Waals surface area contributed by atoms with Gasteiger partial charge in [-0.2, -0.15) is 4.31 Å². The van der Waals surface area contributed by atoms with E-state index in [9.17, 15) is 13.2 Å². The summed E-state index contributed by atoms with van der Waals surface area (Å²) in [5, 5.41) is 0.184. The van der Waals surface area contributed by atoms with E-state index in [0.717, 1.165) is 0 Å². The average Bonchev–Trinajstić information content (AvgIpc) is 2.50. The number of hydrogen-bond donors (Lipinski definition) is 0. The van der Waals surface area contributed by atoms with Crippen molar-refractivity contribution in [1.82, 2.24) is 4.31 Å². The Morgan fingerprint density at radius 2 is 2.14 bits per heavy atom. The molecule has 0 saturated carbocycles. The van der Waals surface area contributed by atoms with E-state index in [0.29, 0.717) is 19.4 Å². The predicted octanol–water partition coefficient (Wildman–Crippen LogP) is 2.96. The minimum absolute atomic E-state index is 0.00225. The lowest BCUT2D eigenvalue weighted by Crippen LogP contribution is -2.42. The molecule has 1 aliphatic rings. The monoisotopic (exact) mass is 365 g/mol. The molecule has 1 saturated heterocycles. The van der Waals surface area contributed by atoms with Gasteiger partial charge < -0.3 is 4.74 Å². The number of piperidine rings is 1. The maximum absolute atomic E-state index is 12.7. The highest BCUT2D eigenvalue weighted by atomic mass is 35.5. The van der Waals surface area contributed by atoms with Crippen LogP contribution in [0, 0.1) is 5.92 Å². The van der Waals surface area contributed by atoms with E-state index < -0.39 is 15.9 Å². The zero-order valence-corrected chi connectivity index (χ0v) is 14.4. The van der Waals surface area contributed by atoms with Gasteiger partial charge in [0.05, 0.1) is 22.6 Å². The number of rotatable bonds is 4. The van der Waals surface area contributed by atoms with Gasteiger partial charge in [0.2, 0.25) is 10.0 Å². The van der Waals surface area contributed by atoms with Crippen molar-refractivity contribution in [3.05, 3.63) is 28.2 Å². The van der Waals surface area contributed by atoms with E-state index in [2.05, 4.69) is 0 Å². The highest BCUT2D eigenvalue weighted by molar-refractivity contribution is 7.89. The minimum Gasteiger partial charge on any atom is -0.466 e. The van der Waals surface area contributed by atoms with Gasteiger partial charge in [-0.25, -0.2) is 8.42 Å². The molecule has 122 valence electrons. The van der Waals surface area contributed by atoms with Gasteiger partial charge in [-0.15, -0.1) is 0 Å². The number of nitrogens with zero attached hydrogens (tertiary/aromatic N) is 1. The number of carbonyl (C=O) groups is 1. The Kier molecular flexibility index (Phi) is 5.71. The standard InChI is InChI=1S/C14H17Cl2NO4S/c1-2-21-14(18)10-5-4-8-17(9-10)22(19,20)12-7-3-6-11(15)13(12)16/h3,6-7,10H,2,4-5,8-9H2,1H3/t10-/m1/s1. The number of esters is 1. The molecule has 8 heteroatoms. The third-order valence-electron chi connectivity index (χ3n) is 3.54. The molecular weight excluding hydrogens is 349 g/mol. The Labute approximate surface area is 140 Å². The van der Waals surface area contributed by atoms with Crippen molar-refractivity contribution in [3.63, 3.8) is 0 Å². The number of benzene rings is 1. The average molecular weight is 366 g/mol. The Balaban J connectivity index is 2.26. The lowest BCUT2D eigenvalue weighted by Gasteiger charge is -2.30. The molecule has 0 bridgehead atoms. The predicted molar refractivity (Wildman–Crippen MR) is 84.6 cm³/mol. The second-order valence-electron chi connectivity index (χ2n) is 5.01. The maximum Gasteiger partial charge on any atom is 0.310 e. The van der Waals surface area contributed by atoms with Gasteiger partial charge in [0, 0.05) is 13.1 Å². The third kappa shape index (κ3) is 3.56. The topological polar surface area (TPSA) is 63.7 Å².